The van der Waals surface area contributed by atoms with E-state index in [4.69, 9.17) is 10.2 Å². The lowest BCUT2D eigenvalue weighted by Gasteiger charge is -2.13. The van der Waals surface area contributed by atoms with Crippen LogP contribution in [0.25, 0.3) is 22.5 Å². The summed E-state index contributed by atoms with van der Waals surface area (Å²) in [5.41, 5.74) is 7.56. The topological polar surface area (TPSA) is 130 Å². The fraction of sp³-hybridized carbons (Fsp3) is 0.211. The smallest absolute Gasteiger partial charge is 0.276 e. The highest BCUT2D eigenvalue weighted by Crippen LogP contribution is 2.26. The molecule has 0 radical (unpaired) electrons. The number of pyridine rings is 2. The van der Waals surface area contributed by atoms with Crippen LogP contribution in [0.4, 0.5) is 17.3 Å². The zero-order valence-corrected chi connectivity index (χ0v) is 16.0. The van der Waals surface area contributed by atoms with Crippen molar-refractivity contribution >= 4 is 28.4 Å². The van der Waals surface area contributed by atoms with Gasteiger partial charge in [-0.05, 0) is 26.0 Å². The normalized spacial score (nSPS) is 11.3. The van der Waals surface area contributed by atoms with Gasteiger partial charge < -0.3 is 15.5 Å². The summed E-state index contributed by atoms with van der Waals surface area (Å²) >= 11 is 0. The van der Waals surface area contributed by atoms with Crippen LogP contribution in [0.15, 0.2) is 52.7 Å². The van der Waals surface area contributed by atoms with Crippen LogP contribution in [0.1, 0.15) is 19.9 Å². The molecule has 4 heterocycles. The Labute approximate surface area is 165 Å². The van der Waals surface area contributed by atoms with Crippen molar-refractivity contribution in [1.82, 2.24) is 29.5 Å². The summed E-state index contributed by atoms with van der Waals surface area (Å²) in [5, 5.41) is 11.1. The lowest BCUT2D eigenvalue weighted by Crippen LogP contribution is -2.24. The fourth-order valence-electron chi connectivity index (χ4n) is 3.17. The second kappa shape index (κ2) is 7.23. The molecule has 0 spiro atoms. The zero-order valence-electron chi connectivity index (χ0n) is 16.0. The molecule has 0 aliphatic heterocycles. The van der Waals surface area contributed by atoms with E-state index in [-0.39, 0.29) is 11.6 Å². The van der Waals surface area contributed by atoms with E-state index in [9.17, 15) is 4.79 Å². The summed E-state index contributed by atoms with van der Waals surface area (Å²) in [4.78, 5) is 21.7. The quantitative estimate of drug-likeness (QED) is 0.479. The second-order valence-corrected chi connectivity index (χ2v) is 6.71. The van der Waals surface area contributed by atoms with Gasteiger partial charge >= 0.3 is 0 Å². The number of rotatable bonds is 6. The van der Waals surface area contributed by atoms with Crippen molar-refractivity contribution in [2.75, 3.05) is 11.1 Å². The minimum absolute atomic E-state index is 0.00762. The summed E-state index contributed by atoms with van der Waals surface area (Å²) in [5.74, 6) is 1.33. The van der Waals surface area contributed by atoms with Crippen LogP contribution in [0.2, 0.25) is 0 Å². The summed E-state index contributed by atoms with van der Waals surface area (Å²) < 4.78 is 8.66. The van der Waals surface area contributed by atoms with Gasteiger partial charge in [0.1, 0.15) is 11.6 Å². The molecule has 0 unspecified atom stereocenters. The maximum Gasteiger partial charge on any atom is 0.276 e. The van der Waals surface area contributed by atoms with Crippen molar-refractivity contribution in [3.05, 3.63) is 53.8 Å². The molecule has 10 heteroatoms. The van der Waals surface area contributed by atoms with Crippen LogP contribution >= 0.6 is 0 Å². The van der Waals surface area contributed by atoms with Crippen molar-refractivity contribution in [3.8, 4) is 11.5 Å². The number of nitrogens with one attached hydrogen (secondary N) is 1. The molecule has 0 aromatic carbocycles. The Kier molecular flexibility index (Phi) is 4.59. The van der Waals surface area contributed by atoms with E-state index in [2.05, 4.69) is 32.1 Å². The van der Waals surface area contributed by atoms with Crippen LogP contribution in [0.5, 0.6) is 0 Å². The largest absolute Gasteiger partial charge is 0.423 e. The predicted molar refractivity (Wildman–Crippen MR) is 110 cm³/mol. The van der Waals surface area contributed by atoms with Crippen LogP contribution < -0.4 is 16.6 Å². The average Bonchev–Trinajstić information content (AvgIpc) is 3.30. The standard InChI is InChI=1S/C19H20N8O2/c1-4-7-26-17-12(19(28)27(26)11(2)3)5-6-15(24-17)23-16-8-14(20)13(9-21-16)18-25-22-10-29-18/h4-6,8-11H,1,7H2,2-3H3,(H3,20,21,23,24). The van der Waals surface area contributed by atoms with Gasteiger partial charge in [0.15, 0.2) is 5.65 Å². The van der Waals surface area contributed by atoms with E-state index in [1.54, 1.807) is 35.2 Å². The number of hydrogen-bond donors (Lipinski definition) is 2. The van der Waals surface area contributed by atoms with Crippen LogP contribution in [0.3, 0.4) is 0 Å². The average molecular weight is 392 g/mol. The highest BCUT2D eigenvalue weighted by Gasteiger charge is 2.17. The number of fused-ring (bicyclic) bond motifs is 1. The van der Waals surface area contributed by atoms with Crippen LogP contribution in [0, 0.1) is 0 Å². The maximum atomic E-state index is 12.7. The Morgan fingerprint density at radius 2 is 2.17 bits per heavy atom. The molecule has 3 N–H and O–H groups in total. The summed E-state index contributed by atoms with van der Waals surface area (Å²) in [7, 11) is 0. The number of nitrogens with two attached hydrogens (primary N) is 1. The molecule has 4 rings (SSSR count). The van der Waals surface area contributed by atoms with E-state index < -0.39 is 0 Å². The zero-order chi connectivity index (χ0) is 20.5. The molecule has 29 heavy (non-hydrogen) atoms. The van der Waals surface area contributed by atoms with Gasteiger partial charge in [-0.15, -0.1) is 16.8 Å². The fourth-order valence-corrected chi connectivity index (χ4v) is 3.17. The third-order valence-corrected chi connectivity index (χ3v) is 4.39. The van der Waals surface area contributed by atoms with Crippen LogP contribution in [-0.2, 0) is 6.54 Å². The van der Waals surface area contributed by atoms with E-state index in [0.717, 1.165) is 0 Å². The predicted octanol–water partition coefficient (Wildman–Crippen LogP) is 2.74. The molecular formula is C19H20N8O2. The van der Waals surface area contributed by atoms with E-state index >= 15 is 0 Å². The molecule has 0 fully saturated rings. The number of nitrogen functional groups attached to an aromatic ring is 1. The third kappa shape index (κ3) is 3.24. The Morgan fingerprint density at radius 3 is 2.83 bits per heavy atom. The third-order valence-electron chi connectivity index (χ3n) is 4.39. The van der Waals surface area contributed by atoms with Gasteiger partial charge in [0, 0.05) is 24.0 Å². The Bertz CT molecular complexity index is 1240. The molecule has 0 atom stereocenters. The van der Waals surface area contributed by atoms with Crippen molar-refractivity contribution < 1.29 is 4.42 Å². The van der Waals surface area contributed by atoms with Crippen molar-refractivity contribution in [2.24, 2.45) is 0 Å². The lowest BCUT2D eigenvalue weighted by molar-refractivity contribution is 0.429. The molecule has 0 aliphatic rings. The number of hydrogen-bond acceptors (Lipinski definition) is 8. The molecule has 148 valence electrons. The molecule has 0 saturated heterocycles. The van der Waals surface area contributed by atoms with Gasteiger partial charge in [-0.2, -0.15) is 0 Å². The number of allylic oxidation sites excluding steroid dienone is 1. The van der Waals surface area contributed by atoms with Gasteiger partial charge in [0.25, 0.3) is 11.4 Å². The van der Waals surface area contributed by atoms with Crippen molar-refractivity contribution in [3.63, 3.8) is 0 Å². The SMILES string of the molecule is C=CCn1c2nc(Nc3cc(N)c(-c4nnco4)cn3)ccc2c(=O)n1C(C)C. The van der Waals surface area contributed by atoms with Crippen molar-refractivity contribution in [2.45, 2.75) is 26.4 Å². The molecular weight excluding hydrogens is 372 g/mol. The van der Waals surface area contributed by atoms with E-state index in [1.165, 1.54) is 6.39 Å². The molecule has 0 bridgehead atoms. The summed E-state index contributed by atoms with van der Waals surface area (Å²) in [6.07, 6.45) is 4.51. The summed E-state index contributed by atoms with van der Waals surface area (Å²) in [6, 6.07) is 5.13. The summed E-state index contributed by atoms with van der Waals surface area (Å²) in [6.45, 7) is 8.16. The molecule has 0 saturated carbocycles. The minimum atomic E-state index is -0.0813. The van der Waals surface area contributed by atoms with Gasteiger partial charge in [-0.3, -0.25) is 9.48 Å². The molecule has 4 aromatic rings. The Hall–Kier alpha value is -3.95. The highest BCUT2D eigenvalue weighted by molar-refractivity contribution is 5.78. The van der Waals surface area contributed by atoms with Gasteiger partial charge in [0.05, 0.1) is 17.5 Å². The molecule has 0 aliphatic carbocycles. The minimum Gasteiger partial charge on any atom is -0.423 e. The number of nitrogens with zero attached hydrogens (tertiary/aromatic N) is 6. The Morgan fingerprint density at radius 1 is 1.34 bits per heavy atom. The van der Waals surface area contributed by atoms with Crippen molar-refractivity contribution in [1.29, 1.82) is 0 Å². The first kappa shape index (κ1) is 18.4. The monoisotopic (exact) mass is 392 g/mol. The first-order valence-electron chi connectivity index (χ1n) is 9.01. The van der Waals surface area contributed by atoms with Gasteiger partial charge in [-0.1, -0.05) is 6.08 Å². The van der Waals surface area contributed by atoms with E-state index in [1.807, 2.05) is 18.5 Å². The van der Waals surface area contributed by atoms with Crippen LogP contribution in [-0.4, -0.2) is 29.5 Å². The van der Waals surface area contributed by atoms with Gasteiger partial charge in [-0.25, -0.2) is 14.6 Å². The first-order chi connectivity index (χ1) is 14.0. The lowest BCUT2D eigenvalue weighted by atomic mass is 10.2. The maximum absolute atomic E-state index is 12.7. The highest BCUT2D eigenvalue weighted by atomic mass is 16.4. The first-order valence-corrected chi connectivity index (χ1v) is 9.01. The van der Waals surface area contributed by atoms with Gasteiger partial charge in [0.2, 0.25) is 6.39 Å². The molecule has 10 nitrogen and oxygen atoms in total. The molecule has 4 aromatic heterocycles. The number of anilines is 3. The van der Waals surface area contributed by atoms with E-state index in [0.29, 0.717) is 46.4 Å². The second-order valence-electron chi connectivity index (χ2n) is 6.71. The number of aromatic nitrogens is 6. The Balaban J connectivity index is 1.72. The molecule has 0 amide bonds.